The smallest absolute Gasteiger partial charge is 0.240 e. The van der Waals surface area contributed by atoms with Crippen LogP contribution in [0.2, 0.25) is 0 Å². The molecule has 0 unspecified atom stereocenters. The molecule has 0 aromatic rings. The summed E-state index contributed by atoms with van der Waals surface area (Å²) in [5.74, 6) is 0.0333. The Morgan fingerprint density at radius 1 is 1.50 bits per heavy atom. The van der Waals surface area contributed by atoms with E-state index in [0.717, 1.165) is 38.8 Å². The lowest BCUT2D eigenvalue weighted by atomic mass is 9.77. The maximum atomic E-state index is 11.7. The average Bonchev–Trinajstić information content (AvgIpc) is 2.19. The van der Waals surface area contributed by atoms with Gasteiger partial charge >= 0.3 is 0 Å². The predicted octanol–water partition coefficient (Wildman–Crippen LogP) is 0.714. The van der Waals surface area contributed by atoms with Crippen LogP contribution in [0.4, 0.5) is 0 Å². The van der Waals surface area contributed by atoms with Gasteiger partial charge in [-0.1, -0.05) is 0 Å². The molecular formula is C12H25N3O. The molecule has 1 aliphatic carbocycles. The molecule has 0 spiro atoms. The molecule has 0 bridgehead atoms. The molecular weight excluding hydrogens is 202 g/mol. The van der Waals surface area contributed by atoms with E-state index in [2.05, 4.69) is 31.1 Å². The number of nitrogens with one attached hydrogen (secondary N) is 1. The molecule has 0 heterocycles. The Bertz CT molecular complexity index is 236. The van der Waals surface area contributed by atoms with Crippen LogP contribution in [0.3, 0.4) is 0 Å². The van der Waals surface area contributed by atoms with Crippen LogP contribution in [0.15, 0.2) is 0 Å². The van der Waals surface area contributed by atoms with Crippen LogP contribution >= 0.6 is 0 Å². The summed E-state index contributed by atoms with van der Waals surface area (Å²) < 4.78 is 0. The summed E-state index contributed by atoms with van der Waals surface area (Å²) in [5.41, 5.74) is 5.36. The number of hydrogen-bond acceptors (Lipinski definition) is 3. The highest BCUT2D eigenvalue weighted by molar-refractivity contribution is 5.86. The topological polar surface area (TPSA) is 58.4 Å². The molecule has 4 nitrogen and oxygen atoms in total. The van der Waals surface area contributed by atoms with Crippen LogP contribution in [0.25, 0.3) is 0 Å². The van der Waals surface area contributed by atoms with Gasteiger partial charge in [0.15, 0.2) is 0 Å². The third-order valence-corrected chi connectivity index (χ3v) is 3.55. The minimum atomic E-state index is -0.552. The fraction of sp³-hybridized carbons (Fsp3) is 0.917. The van der Waals surface area contributed by atoms with Crippen LogP contribution in [-0.2, 0) is 4.79 Å². The number of carbonyl (C=O) groups excluding carboxylic acids is 1. The SMILES string of the molecule is CC(C)N(C)CCCNC(=O)C1(N)CCC1. The van der Waals surface area contributed by atoms with Gasteiger partial charge in [-0.2, -0.15) is 0 Å². The van der Waals surface area contributed by atoms with Gasteiger partial charge in [0.1, 0.15) is 0 Å². The lowest BCUT2D eigenvalue weighted by molar-refractivity contribution is -0.129. The zero-order chi connectivity index (χ0) is 12.2. The second-order valence-electron chi connectivity index (χ2n) is 5.19. The Hall–Kier alpha value is -0.610. The van der Waals surface area contributed by atoms with Crippen molar-refractivity contribution >= 4 is 5.91 Å². The van der Waals surface area contributed by atoms with E-state index < -0.39 is 5.54 Å². The monoisotopic (exact) mass is 227 g/mol. The molecule has 16 heavy (non-hydrogen) atoms. The van der Waals surface area contributed by atoms with Gasteiger partial charge in [-0.3, -0.25) is 4.79 Å². The number of carbonyl (C=O) groups is 1. The van der Waals surface area contributed by atoms with Crippen LogP contribution in [0.5, 0.6) is 0 Å². The maximum absolute atomic E-state index is 11.7. The normalized spacial score (nSPS) is 18.6. The summed E-state index contributed by atoms with van der Waals surface area (Å²) in [7, 11) is 2.10. The molecule has 0 aliphatic heterocycles. The van der Waals surface area contributed by atoms with Crippen molar-refractivity contribution in [2.45, 2.75) is 51.1 Å². The number of nitrogens with two attached hydrogens (primary N) is 1. The average molecular weight is 227 g/mol. The Kier molecular flexibility index (Phi) is 4.74. The van der Waals surface area contributed by atoms with Crippen molar-refractivity contribution in [2.75, 3.05) is 20.1 Å². The molecule has 0 saturated heterocycles. The molecule has 1 aliphatic rings. The Morgan fingerprint density at radius 2 is 2.12 bits per heavy atom. The summed E-state index contributed by atoms with van der Waals surface area (Å²) in [6.45, 7) is 6.08. The van der Waals surface area contributed by atoms with Gasteiger partial charge in [0.2, 0.25) is 5.91 Å². The first-order chi connectivity index (χ1) is 7.46. The first-order valence-electron chi connectivity index (χ1n) is 6.23. The standard InChI is InChI=1S/C12H25N3O/c1-10(2)15(3)9-5-8-14-11(16)12(13)6-4-7-12/h10H,4-9,13H2,1-3H3,(H,14,16). The van der Waals surface area contributed by atoms with Gasteiger partial charge in [0.05, 0.1) is 5.54 Å². The van der Waals surface area contributed by atoms with Crippen LogP contribution in [0, 0.1) is 0 Å². The highest BCUT2D eigenvalue weighted by atomic mass is 16.2. The fourth-order valence-corrected chi connectivity index (χ4v) is 1.75. The van der Waals surface area contributed by atoms with Gasteiger partial charge in [-0.25, -0.2) is 0 Å². The zero-order valence-corrected chi connectivity index (χ0v) is 10.8. The van der Waals surface area contributed by atoms with E-state index in [-0.39, 0.29) is 5.91 Å². The highest BCUT2D eigenvalue weighted by Gasteiger charge is 2.39. The lowest BCUT2D eigenvalue weighted by Gasteiger charge is -2.36. The third kappa shape index (κ3) is 3.46. The molecule has 1 fully saturated rings. The van der Waals surface area contributed by atoms with Gasteiger partial charge in [0.25, 0.3) is 0 Å². The Labute approximate surface area is 98.6 Å². The van der Waals surface area contributed by atoms with Crippen LogP contribution in [-0.4, -0.2) is 42.5 Å². The number of hydrogen-bond donors (Lipinski definition) is 2. The van der Waals surface area contributed by atoms with E-state index in [4.69, 9.17) is 5.73 Å². The molecule has 0 aromatic carbocycles. The second kappa shape index (κ2) is 5.64. The van der Waals surface area contributed by atoms with E-state index in [1.807, 2.05) is 0 Å². The van der Waals surface area contributed by atoms with E-state index in [1.54, 1.807) is 0 Å². The van der Waals surface area contributed by atoms with E-state index in [1.165, 1.54) is 0 Å². The van der Waals surface area contributed by atoms with Crippen molar-refractivity contribution in [1.82, 2.24) is 10.2 Å². The number of nitrogens with zero attached hydrogens (tertiary/aromatic N) is 1. The van der Waals surface area contributed by atoms with Crippen molar-refractivity contribution in [1.29, 1.82) is 0 Å². The molecule has 94 valence electrons. The van der Waals surface area contributed by atoms with Gasteiger partial charge in [0, 0.05) is 12.6 Å². The lowest BCUT2D eigenvalue weighted by Crippen LogP contribution is -2.58. The van der Waals surface area contributed by atoms with Crippen molar-refractivity contribution in [2.24, 2.45) is 5.73 Å². The molecule has 1 amide bonds. The van der Waals surface area contributed by atoms with Crippen molar-refractivity contribution in [3.8, 4) is 0 Å². The fourth-order valence-electron chi connectivity index (χ4n) is 1.75. The van der Waals surface area contributed by atoms with E-state index >= 15 is 0 Å². The van der Waals surface area contributed by atoms with Crippen molar-refractivity contribution in [3.05, 3.63) is 0 Å². The number of amides is 1. The summed E-state index contributed by atoms with van der Waals surface area (Å²) in [5, 5.41) is 2.93. The van der Waals surface area contributed by atoms with Gasteiger partial charge in [-0.15, -0.1) is 0 Å². The van der Waals surface area contributed by atoms with Gasteiger partial charge in [-0.05, 0) is 53.1 Å². The first kappa shape index (κ1) is 13.5. The van der Waals surface area contributed by atoms with Crippen molar-refractivity contribution < 1.29 is 4.79 Å². The molecule has 0 aromatic heterocycles. The summed E-state index contributed by atoms with van der Waals surface area (Å²) in [6.07, 6.45) is 3.74. The summed E-state index contributed by atoms with van der Waals surface area (Å²) >= 11 is 0. The second-order valence-corrected chi connectivity index (χ2v) is 5.19. The third-order valence-electron chi connectivity index (χ3n) is 3.55. The predicted molar refractivity (Wildman–Crippen MR) is 66.2 cm³/mol. The maximum Gasteiger partial charge on any atom is 0.240 e. The largest absolute Gasteiger partial charge is 0.354 e. The minimum absolute atomic E-state index is 0.0333. The molecule has 0 atom stereocenters. The van der Waals surface area contributed by atoms with Crippen LogP contribution in [0.1, 0.15) is 39.5 Å². The van der Waals surface area contributed by atoms with E-state index in [0.29, 0.717) is 6.04 Å². The summed E-state index contributed by atoms with van der Waals surface area (Å²) in [4.78, 5) is 13.9. The van der Waals surface area contributed by atoms with Gasteiger partial charge < -0.3 is 16.0 Å². The Morgan fingerprint density at radius 3 is 2.56 bits per heavy atom. The van der Waals surface area contributed by atoms with Crippen LogP contribution < -0.4 is 11.1 Å². The minimum Gasteiger partial charge on any atom is -0.354 e. The highest BCUT2D eigenvalue weighted by Crippen LogP contribution is 2.28. The Balaban J connectivity index is 2.09. The zero-order valence-electron chi connectivity index (χ0n) is 10.8. The number of rotatable bonds is 6. The molecule has 3 N–H and O–H groups in total. The molecule has 0 radical (unpaired) electrons. The molecule has 4 heteroatoms. The van der Waals surface area contributed by atoms with Crippen molar-refractivity contribution in [3.63, 3.8) is 0 Å². The first-order valence-corrected chi connectivity index (χ1v) is 6.23. The summed E-state index contributed by atoms with van der Waals surface area (Å²) in [6, 6.07) is 0.559. The molecule has 1 rings (SSSR count). The quantitative estimate of drug-likeness (QED) is 0.657. The molecule has 1 saturated carbocycles. The van der Waals surface area contributed by atoms with E-state index in [9.17, 15) is 4.79 Å².